The van der Waals surface area contributed by atoms with Crippen LogP contribution in [0.4, 0.5) is 4.39 Å². The zero-order valence-electron chi connectivity index (χ0n) is 22.5. The van der Waals surface area contributed by atoms with Crippen LogP contribution in [0.3, 0.4) is 0 Å². The van der Waals surface area contributed by atoms with Gasteiger partial charge in [-0.05, 0) is 74.8 Å². The van der Waals surface area contributed by atoms with Crippen molar-refractivity contribution in [2.24, 2.45) is 0 Å². The Morgan fingerprint density at radius 3 is 2.68 bits per heavy atom. The van der Waals surface area contributed by atoms with E-state index in [1.54, 1.807) is 36.8 Å². The van der Waals surface area contributed by atoms with Gasteiger partial charge in [0.1, 0.15) is 12.4 Å². The molecule has 0 saturated carbocycles. The van der Waals surface area contributed by atoms with Crippen molar-refractivity contribution < 1.29 is 13.7 Å². The second-order valence-corrected chi connectivity index (χ2v) is 10.6. The van der Waals surface area contributed by atoms with Gasteiger partial charge in [0, 0.05) is 59.0 Å². The molecular weight excluding hydrogens is 543 g/mol. The smallest absolute Gasteiger partial charge is 0.259 e. The molecule has 0 amide bonds. The molecule has 0 aliphatic carbocycles. The molecule has 0 spiro atoms. The van der Waals surface area contributed by atoms with Crippen LogP contribution in [-0.4, -0.2) is 43.1 Å². The summed E-state index contributed by atoms with van der Waals surface area (Å²) in [7, 11) is 0. The molecule has 1 aliphatic rings. The second-order valence-electron chi connectivity index (χ2n) is 10.1. The van der Waals surface area contributed by atoms with E-state index >= 15 is 0 Å². The van der Waals surface area contributed by atoms with Gasteiger partial charge in [0.25, 0.3) is 5.89 Å². The summed E-state index contributed by atoms with van der Waals surface area (Å²) in [5.74, 6) is 1.38. The van der Waals surface area contributed by atoms with Gasteiger partial charge < -0.3 is 9.26 Å². The van der Waals surface area contributed by atoms with E-state index in [9.17, 15) is 4.39 Å². The molecule has 0 bridgehead atoms. The molecular formula is C31H28ClFN6O2. The third-order valence-corrected chi connectivity index (χ3v) is 7.53. The van der Waals surface area contributed by atoms with E-state index in [1.807, 2.05) is 30.3 Å². The minimum atomic E-state index is -0.384. The van der Waals surface area contributed by atoms with Crippen LogP contribution in [0.15, 0.2) is 77.7 Å². The van der Waals surface area contributed by atoms with Crippen LogP contribution in [0.1, 0.15) is 41.3 Å². The number of hydrogen-bond acceptors (Lipinski definition) is 8. The molecule has 6 rings (SSSR count). The molecule has 1 aliphatic heterocycles. The average Bonchev–Trinajstić information content (AvgIpc) is 3.49. The standard InChI is InChI=1S/C31H28ClFN6O2/c1-20-14-24(31-37-30(38-41-31)22-4-3-11-34-16-22)17-35-28(20)18-39-12-9-21(10-13-39)27-5-2-6-29(36-27)40-19-23-7-8-25(32)15-26(23)33/h2-8,11,14-17,21H,9-10,12-13,18-19H2,1H3. The molecule has 0 unspecified atom stereocenters. The van der Waals surface area contributed by atoms with Crippen LogP contribution in [0, 0.1) is 12.7 Å². The van der Waals surface area contributed by atoms with E-state index in [0.29, 0.717) is 34.1 Å². The number of pyridine rings is 3. The van der Waals surface area contributed by atoms with E-state index in [2.05, 4.69) is 26.9 Å². The normalized spacial score (nSPS) is 14.3. The highest BCUT2D eigenvalue weighted by molar-refractivity contribution is 6.30. The van der Waals surface area contributed by atoms with E-state index in [-0.39, 0.29) is 12.4 Å². The van der Waals surface area contributed by atoms with Crippen LogP contribution >= 0.6 is 11.6 Å². The first-order chi connectivity index (χ1) is 20.0. The lowest BCUT2D eigenvalue weighted by atomic mass is 9.93. The third kappa shape index (κ3) is 6.42. The summed E-state index contributed by atoms with van der Waals surface area (Å²) in [6, 6.07) is 16.1. The summed E-state index contributed by atoms with van der Waals surface area (Å²) in [4.78, 5) is 20.5. The zero-order chi connectivity index (χ0) is 28.2. The summed E-state index contributed by atoms with van der Waals surface area (Å²) in [6.45, 7) is 4.80. The van der Waals surface area contributed by atoms with E-state index < -0.39 is 0 Å². The van der Waals surface area contributed by atoms with Gasteiger partial charge in [-0.1, -0.05) is 28.9 Å². The molecule has 5 aromatic rings. The maximum Gasteiger partial charge on any atom is 0.259 e. The fourth-order valence-electron chi connectivity index (χ4n) is 4.97. The predicted molar refractivity (Wildman–Crippen MR) is 153 cm³/mol. The lowest BCUT2D eigenvalue weighted by Gasteiger charge is -2.31. The number of halogens is 2. The van der Waals surface area contributed by atoms with Gasteiger partial charge in [0.2, 0.25) is 11.7 Å². The van der Waals surface area contributed by atoms with Gasteiger partial charge in [-0.2, -0.15) is 4.98 Å². The summed E-state index contributed by atoms with van der Waals surface area (Å²) in [6.07, 6.45) is 7.17. The van der Waals surface area contributed by atoms with Crippen molar-refractivity contribution in [1.82, 2.24) is 30.0 Å². The first-order valence-corrected chi connectivity index (χ1v) is 13.9. The first kappa shape index (κ1) is 27.0. The highest BCUT2D eigenvalue weighted by Crippen LogP contribution is 2.30. The molecule has 1 aromatic carbocycles. The number of likely N-dealkylation sites (tertiary alicyclic amines) is 1. The summed E-state index contributed by atoms with van der Waals surface area (Å²) in [5, 5.41) is 4.44. The van der Waals surface area contributed by atoms with Gasteiger partial charge in [-0.3, -0.25) is 14.9 Å². The van der Waals surface area contributed by atoms with Crippen LogP contribution < -0.4 is 4.74 Å². The van der Waals surface area contributed by atoms with Crippen molar-refractivity contribution in [3.8, 4) is 28.7 Å². The Morgan fingerprint density at radius 2 is 1.90 bits per heavy atom. The Bertz CT molecular complexity index is 1640. The van der Waals surface area contributed by atoms with Crippen molar-refractivity contribution in [3.63, 3.8) is 0 Å². The molecule has 0 radical (unpaired) electrons. The Hall–Kier alpha value is -4.21. The SMILES string of the molecule is Cc1cc(-c2nc(-c3cccnc3)no2)cnc1CN1CCC(c2cccc(OCc3ccc(Cl)cc3F)n2)CC1. The fraction of sp³-hybridized carbons (Fsp3) is 0.258. The molecule has 4 aromatic heterocycles. The lowest BCUT2D eigenvalue weighted by molar-refractivity contribution is 0.200. The number of aryl methyl sites for hydroxylation is 1. The number of hydrogen-bond donors (Lipinski definition) is 0. The molecule has 1 saturated heterocycles. The molecule has 5 heterocycles. The zero-order valence-corrected chi connectivity index (χ0v) is 23.3. The number of aromatic nitrogens is 5. The topological polar surface area (TPSA) is 90.1 Å². The molecule has 0 atom stereocenters. The van der Waals surface area contributed by atoms with Crippen molar-refractivity contribution in [2.75, 3.05) is 13.1 Å². The van der Waals surface area contributed by atoms with E-state index in [4.69, 9.17) is 30.8 Å². The number of ether oxygens (including phenoxy) is 1. The largest absolute Gasteiger partial charge is 0.473 e. The summed E-state index contributed by atoms with van der Waals surface area (Å²) < 4.78 is 25.4. The number of benzene rings is 1. The Morgan fingerprint density at radius 1 is 1.02 bits per heavy atom. The number of rotatable bonds is 8. The molecule has 208 valence electrons. The number of nitrogens with zero attached hydrogens (tertiary/aromatic N) is 6. The van der Waals surface area contributed by atoms with Gasteiger partial charge in [-0.15, -0.1) is 0 Å². The Kier molecular flexibility index (Phi) is 7.98. The molecule has 41 heavy (non-hydrogen) atoms. The summed E-state index contributed by atoms with van der Waals surface area (Å²) in [5.41, 5.74) is 5.15. The third-order valence-electron chi connectivity index (χ3n) is 7.29. The van der Waals surface area contributed by atoms with Crippen LogP contribution in [-0.2, 0) is 13.2 Å². The Labute approximate surface area is 242 Å². The molecule has 8 nitrogen and oxygen atoms in total. The fourth-order valence-corrected chi connectivity index (χ4v) is 5.13. The van der Waals surface area contributed by atoms with Crippen molar-refractivity contribution >= 4 is 11.6 Å². The van der Waals surface area contributed by atoms with Crippen molar-refractivity contribution in [3.05, 3.63) is 107 Å². The first-order valence-electron chi connectivity index (χ1n) is 13.5. The number of piperidine rings is 1. The maximum absolute atomic E-state index is 14.1. The predicted octanol–water partition coefficient (Wildman–Crippen LogP) is 6.65. The monoisotopic (exact) mass is 570 g/mol. The van der Waals surface area contributed by atoms with Gasteiger partial charge in [-0.25, -0.2) is 9.37 Å². The quantitative estimate of drug-likeness (QED) is 0.205. The van der Waals surface area contributed by atoms with Gasteiger partial charge in [0.05, 0.1) is 11.3 Å². The minimum absolute atomic E-state index is 0.0984. The van der Waals surface area contributed by atoms with E-state index in [1.165, 1.54) is 6.07 Å². The molecule has 0 N–H and O–H groups in total. The van der Waals surface area contributed by atoms with E-state index in [0.717, 1.165) is 60.6 Å². The van der Waals surface area contributed by atoms with Gasteiger partial charge >= 0.3 is 0 Å². The van der Waals surface area contributed by atoms with Crippen molar-refractivity contribution in [1.29, 1.82) is 0 Å². The van der Waals surface area contributed by atoms with Crippen LogP contribution in [0.5, 0.6) is 5.88 Å². The van der Waals surface area contributed by atoms with Gasteiger partial charge in [0.15, 0.2) is 0 Å². The van der Waals surface area contributed by atoms with Crippen LogP contribution in [0.2, 0.25) is 5.02 Å². The molecule has 1 fully saturated rings. The minimum Gasteiger partial charge on any atom is -0.473 e. The summed E-state index contributed by atoms with van der Waals surface area (Å²) >= 11 is 5.84. The highest BCUT2D eigenvalue weighted by Gasteiger charge is 2.23. The molecule has 10 heteroatoms. The second kappa shape index (κ2) is 12.1. The Balaban J connectivity index is 1.04. The maximum atomic E-state index is 14.1. The van der Waals surface area contributed by atoms with Crippen LogP contribution in [0.25, 0.3) is 22.8 Å². The average molecular weight is 571 g/mol. The van der Waals surface area contributed by atoms with Crippen molar-refractivity contribution in [2.45, 2.75) is 38.8 Å². The highest BCUT2D eigenvalue weighted by atomic mass is 35.5. The lowest BCUT2D eigenvalue weighted by Crippen LogP contribution is -2.33.